The number of benzene rings is 21. The van der Waals surface area contributed by atoms with Gasteiger partial charge in [-0.15, -0.1) is 0 Å². The van der Waals surface area contributed by atoms with Gasteiger partial charge in [-0.1, -0.05) is 400 Å². The summed E-state index contributed by atoms with van der Waals surface area (Å²) in [7, 11) is 0. The topological polar surface area (TPSA) is 39.4 Å². The second kappa shape index (κ2) is 29.0. The molecule has 0 N–H and O–H groups in total. The zero-order valence-electron chi connectivity index (χ0n) is 75.8. The molecule has 0 bridgehead atoms. The lowest BCUT2D eigenvalue weighted by atomic mass is 9.82. The van der Waals surface area contributed by atoms with E-state index in [1.807, 2.05) is 212 Å². The Bertz CT molecular complexity index is 8600. The molecule has 117 heavy (non-hydrogen) atoms. The highest BCUT2D eigenvalue weighted by atomic mass is 16.3. The van der Waals surface area contributed by atoms with Crippen molar-refractivity contribution >= 4 is 130 Å². The average molecular weight is 1500 g/mol. The molecule has 3 aromatic heterocycles. The van der Waals surface area contributed by atoms with Crippen molar-refractivity contribution in [3.05, 3.63) is 436 Å². The van der Waals surface area contributed by atoms with Crippen molar-refractivity contribution in [2.45, 2.75) is 0 Å². The van der Waals surface area contributed by atoms with Crippen LogP contribution in [0, 0.1) is 0 Å². The van der Waals surface area contributed by atoms with Crippen LogP contribution >= 0.6 is 0 Å². The molecule has 0 aliphatic carbocycles. The standard InChI is InChI=1S/C44H28O.C38H24O.C32H20O/c1-3-13-29(14-4-1)30-23-25-32(26-24-30)42-38(27-28-40-44(42)37-21-11-12-22-39(37)45-40)43-35-19-9-7-17-33(35)41(31-15-5-2-6-16-31)34-18-8-10-20-36(34)43;1-3-13-25(14-4-1)27-21-11-23-33-37-32(22-12-24-34(37)39-38(27)33)36-30-19-9-7-17-28(30)35(26-15-5-2-6-16-26)29-18-8-10-20-31(29)36;1-2-11-21(12-3-1)30-22-13-4-6-15-24(22)31(25-16-7-5-14-23(25)30)27-18-10-20-29-32(27)26-17-8-9-19-28(26)33-29/h1-28H;1-24H;1-20H/i2*2D,5D,6D,15D,16D;10D,18D,20D. The molecule has 21 aromatic carbocycles. The Morgan fingerprint density at radius 3 is 0.966 bits per heavy atom. The van der Waals surface area contributed by atoms with Gasteiger partial charge in [0.2, 0.25) is 0 Å². The molecule has 0 saturated heterocycles. The maximum Gasteiger partial charge on any atom is 0.143 e. The van der Waals surface area contributed by atoms with E-state index in [1.165, 1.54) is 0 Å². The summed E-state index contributed by atoms with van der Waals surface area (Å²) in [6.07, 6.45) is 0. The lowest BCUT2D eigenvalue weighted by Gasteiger charge is -2.20. The normalized spacial score (nSPS) is 13.1. The predicted octanol–water partition coefficient (Wildman–Crippen LogP) is 32.7. The number of hydrogen-bond acceptors (Lipinski definition) is 3. The van der Waals surface area contributed by atoms with Crippen molar-refractivity contribution in [3.8, 4) is 100 Å². The van der Waals surface area contributed by atoms with E-state index in [1.54, 1.807) is 0 Å². The minimum Gasteiger partial charge on any atom is -0.456 e. The van der Waals surface area contributed by atoms with Crippen LogP contribution in [-0.2, 0) is 0 Å². The summed E-state index contributed by atoms with van der Waals surface area (Å²) < 4.78 is 131. The average Bonchev–Trinajstić information content (AvgIpc) is 1.27. The summed E-state index contributed by atoms with van der Waals surface area (Å²) in [5.74, 6) is 0. The van der Waals surface area contributed by atoms with Gasteiger partial charge in [-0.2, -0.15) is 0 Å². The van der Waals surface area contributed by atoms with Gasteiger partial charge in [0.05, 0.1) is 17.8 Å². The van der Waals surface area contributed by atoms with Crippen molar-refractivity contribution in [3.63, 3.8) is 0 Å². The van der Waals surface area contributed by atoms with Gasteiger partial charge in [0, 0.05) is 43.4 Å². The predicted molar refractivity (Wildman–Crippen MR) is 495 cm³/mol. The summed E-state index contributed by atoms with van der Waals surface area (Å²) >= 11 is 0. The van der Waals surface area contributed by atoms with Crippen LogP contribution in [-0.4, -0.2) is 0 Å². The third kappa shape index (κ3) is 11.7. The number of fused-ring (bicyclic) bond motifs is 15. The van der Waals surface area contributed by atoms with Gasteiger partial charge in [-0.05, 0) is 190 Å². The fraction of sp³-hybridized carbons (Fsp3) is 0. The highest BCUT2D eigenvalue weighted by molar-refractivity contribution is 6.30. The molecular weight excluding hydrogens is 1420 g/mol. The molecule has 0 atom stereocenters. The molecule has 0 spiro atoms. The minimum atomic E-state index is -0.405. The van der Waals surface area contributed by atoms with E-state index in [4.69, 9.17) is 31.1 Å². The number of rotatable bonds is 9. The summed E-state index contributed by atoms with van der Waals surface area (Å²) in [5, 5.41) is 16.7. The summed E-state index contributed by atoms with van der Waals surface area (Å²) in [6, 6.07) is 117. The van der Waals surface area contributed by atoms with E-state index < -0.39 is 12.1 Å². The third-order valence-corrected chi connectivity index (χ3v) is 22.8. The zero-order chi connectivity index (χ0) is 88.6. The minimum absolute atomic E-state index is 0.0434. The SMILES string of the molecule is [2H]c1c([2H])c(-c2c3ccccc3c(-c3ccccc3)c3ccccc23)c2c(oc3ccccc32)c1[2H].[2H]c1c([2H])c([2H])c(-c2c3ccccc3c(-c3ccc4oc5ccccc5c4c3-c3ccc(-c4ccccc4)cc3)c3ccccc23)c([2H])c1[2H].[2H]c1c([2H])c([2H])c(-c2c3ccccc3c(-c3cccc4oc5c(-c6ccccc6)cccc5c34)c3ccccc23)c([2H])c1[2H]. The maximum absolute atomic E-state index is 9.09. The summed E-state index contributed by atoms with van der Waals surface area (Å²) in [6.45, 7) is 0. The van der Waals surface area contributed by atoms with Crippen LogP contribution in [0.5, 0.6) is 0 Å². The van der Waals surface area contributed by atoms with Crippen molar-refractivity contribution in [2.75, 3.05) is 0 Å². The first kappa shape index (κ1) is 55.9. The van der Waals surface area contributed by atoms with Crippen LogP contribution in [0.2, 0.25) is 0 Å². The first-order chi connectivity index (χ1) is 63.5. The van der Waals surface area contributed by atoms with Crippen LogP contribution in [0.1, 0.15) is 17.8 Å². The maximum atomic E-state index is 9.09. The number of furan rings is 3. The molecule has 0 amide bonds. The molecule has 0 aliphatic rings. The fourth-order valence-electron chi connectivity index (χ4n) is 17.9. The van der Waals surface area contributed by atoms with Gasteiger partial charge in [0.25, 0.3) is 0 Å². The van der Waals surface area contributed by atoms with Crippen molar-refractivity contribution < 1.29 is 31.1 Å². The Kier molecular flexibility index (Phi) is 13.8. The molecular formula is C114H72O3. The van der Waals surface area contributed by atoms with E-state index >= 15 is 0 Å². The highest BCUT2D eigenvalue weighted by Gasteiger charge is 2.26. The van der Waals surface area contributed by atoms with E-state index in [-0.39, 0.29) is 77.6 Å². The Hall–Kier alpha value is -15.4. The Labute approximate surface area is 694 Å². The van der Waals surface area contributed by atoms with E-state index in [0.29, 0.717) is 27.9 Å². The van der Waals surface area contributed by atoms with Gasteiger partial charge >= 0.3 is 0 Å². The molecule has 3 nitrogen and oxygen atoms in total. The van der Waals surface area contributed by atoms with Crippen LogP contribution in [0.4, 0.5) is 0 Å². The first-order valence-corrected chi connectivity index (χ1v) is 39.0. The summed E-state index contributed by atoms with van der Waals surface area (Å²) in [4.78, 5) is 0. The van der Waals surface area contributed by atoms with E-state index in [2.05, 4.69) is 146 Å². The van der Waals surface area contributed by atoms with E-state index in [0.717, 1.165) is 192 Å². The lowest BCUT2D eigenvalue weighted by Crippen LogP contribution is -1.93. The molecule has 546 valence electrons. The lowest BCUT2D eigenvalue weighted by molar-refractivity contribution is 0.668. The second-order valence-corrected chi connectivity index (χ2v) is 29.2. The molecule has 0 aliphatic heterocycles. The second-order valence-electron chi connectivity index (χ2n) is 29.2. The Balaban J connectivity index is 0.000000116. The summed E-state index contributed by atoms with van der Waals surface area (Å²) in [5.41, 5.74) is 20.2. The van der Waals surface area contributed by atoms with Crippen molar-refractivity contribution in [1.82, 2.24) is 0 Å². The number of para-hydroxylation sites is 3. The molecule has 0 radical (unpaired) electrons. The highest BCUT2D eigenvalue weighted by Crippen LogP contribution is 2.53. The monoisotopic (exact) mass is 1500 g/mol. The van der Waals surface area contributed by atoms with Gasteiger partial charge in [0.15, 0.2) is 0 Å². The number of hydrogen-bond donors (Lipinski definition) is 0. The quantitative estimate of drug-likeness (QED) is 0.135. The van der Waals surface area contributed by atoms with Crippen LogP contribution in [0.25, 0.3) is 231 Å². The molecule has 0 fully saturated rings. The molecule has 0 unspecified atom stereocenters. The molecule has 3 heterocycles. The zero-order valence-corrected chi connectivity index (χ0v) is 62.8. The third-order valence-electron chi connectivity index (χ3n) is 22.8. The molecule has 0 saturated carbocycles. The van der Waals surface area contributed by atoms with Gasteiger partial charge in [-0.25, -0.2) is 0 Å². The van der Waals surface area contributed by atoms with Crippen LogP contribution < -0.4 is 0 Å². The van der Waals surface area contributed by atoms with Crippen molar-refractivity contribution in [2.24, 2.45) is 0 Å². The van der Waals surface area contributed by atoms with Crippen molar-refractivity contribution in [1.29, 1.82) is 0 Å². The smallest absolute Gasteiger partial charge is 0.143 e. The fourth-order valence-corrected chi connectivity index (χ4v) is 17.9. The Morgan fingerprint density at radius 2 is 0.470 bits per heavy atom. The molecule has 24 rings (SSSR count). The van der Waals surface area contributed by atoms with Crippen LogP contribution in [0.15, 0.2) is 450 Å². The van der Waals surface area contributed by atoms with Crippen LogP contribution in [0.3, 0.4) is 0 Å². The van der Waals surface area contributed by atoms with Gasteiger partial charge < -0.3 is 13.3 Å². The van der Waals surface area contributed by atoms with Gasteiger partial charge in [-0.3, -0.25) is 0 Å². The van der Waals surface area contributed by atoms with E-state index in [9.17, 15) is 0 Å². The Morgan fingerprint density at radius 1 is 0.145 bits per heavy atom. The molecule has 24 aromatic rings. The first-order valence-electron chi connectivity index (χ1n) is 45.5. The van der Waals surface area contributed by atoms with Gasteiger partial charge in [0.1, 0.15) is 33.5 Å². The molecule has 3 heteroatoms. The largest absolute Gasteiger partial charge is 0.456 e.